The molecule has 0 fully saturated rings. The molecule has 1 atom stereocenters. The van der Waals surface area contributed by atoms with E-state index < -0.39 is 6.10 Å². The van der Waals surface area contributed by atoms with Crippen molar-refractivity contribution < 1.29 is 9.84 Å². The van der Waals surface area contributed by atoms with Gasteiger partial charge in [0.05, 0.1) is 6.61 Å². The molecule has 0 amide bonds. The molecule has 0 aromatic rings. The summed E-state index contributed by atoms with van der Waals surface area (Å²) in [6.07, 6.45) is -0.750. The molecule has 0 radical (unpaired) electrons. The highest BCUT2D eigenvalue weighted by atomic mass is 16.5. The highest BCUT2D eigenvalue weighted by Crippen LogP contribution is 2.02. The Bertz CT molecular complexity index is 112. The second kappa shape index (κ2) is 4.28. The molecular formula is C7H15NO2. The molecule has 0 spiro atoms. The summed E-state index contributed by atoms with van der Waals surface area (Å²) < 4.78 is 4.80. The number of aliphatic hydroxyl groups excluding tert-OH is 1. The minimum Gasteiger partial charge on any atom is -0.480 e. The first-order chi connectivity index (χ1) is 4.59. The molecule has 3 nitrogen and oxygen atoms in total. The van der Waals surface area contributed by atoms with E-state index in [0.29, 0.717) is 6.61 Å². The van der Waals surface area contributed by atoms with Gasteiger partial charge in [-0.1, -0.05) is 13.8 Å². The first-order valence-electron chi connectivity index (χ1n) is 3.48. The Morgan fingerprint density at radius 3 is 2.40 bits per heavy atom. The van der Waals surface area contributed by atoms with Crippen molar-refractivity contribution in [1.82, 2.24) is 0 Å². The predicted molar refractivity (Wildman–Crippen MR) is 40.2 cm³/mol. The van der Waals surface area contributed by atoms with Gasteiger partial charge in [-0.25, -0.2) is 0 Å². The van der Waals surface area contributed by atoms with E-state index in [1.165, 1.54) is 0 Å². The fourth-order valence-corrected chi connectivity index (χ4v) is 0.544. The Morgan fingerprint density at radius 2 is 2.10 bits per heavy atom. The standard InChI is InChI=1S/C7H15NO2/c1-4-10-7(8)6(9)5(2)3/h5-6,8-9H,4H2,1-3H3/t6-/m0/s1. The molecule has 0 bridgehead atoms. The Kier molecular flexibility index (Phi) is 4.03. The molecule has 0 saturated heterocycles. The molecule has 0 aliphatic heterocycles. The highest BCUT2D eigenvalue weighted by molar-refractivity contribution is 5.77. The minimum atomic E-state index is -0.750. The zero-order valence-electron chi connectivity index (χ0n) is 6.72. The van der Waals surface area contributed by atoms with E-state index in [2.05, 4.69) is 0 Å². The summed E-state index contributed by atoms with van der Waals surface area (Å²) in [7, 11) is 0. The summed E-state index contributed by atoms with van der Waals surface area (Å²) in [6.45, 7) is 5.93. The summed E-state index contributed by atoms with van der Waals surface area (Å²) in [5.41, 5.74) is 0. The second-order valence-electron chi connectivity index (χ2n) is 2.49. The van der Waals surface area contributed by atoms with Crippen LogP contribution in [0, 0.1) is 11.3 Å². The van der Waals surface area contributed by atoms with Gasteiger partial charge in [-0.2, -0.15) is 0 Å². The summed E-state index contributed by atoms with van der Waals surface area (Å²) in [6, 6.07) is 0. The van der Waals surface area contributed by atoms with Gasteiger partial charge in [-0.3, -0.25) is 5.41 Å². The molecule has 0 aliphatic rings. The quantitative estimate of drug-likeness (QED) is 0.460. The SMILES string of the molecule is CCOC(=N)[C@@H](O)C(C)C. The van der Waals surface area contributed by atoms with Gasteiger partial charge in [-0.15, -0.1) is 0 Å². The first kappa shape index (κ1) is 9.43. The maximum Gasteiger partial charge on any atom is 0.210 e. The number of hydrogen-bond donors (Lipinski definition) is 2. The van der Waals surface area contributed by atoms with Crippen LogP contribution in [-0.4, -0.2) is 23.7 Å². The maximum absolute atomic E-state index is 9.18. The molecule has 10 heavy (non-hydrogen) atoms. The van der Waals surface area contributed by atoms with E-state index >= 15 is 0 Å². The molecule has 0 rings (SSSR count). The van der Waals surface area contributed by atoms with Crippen molar-refractivity contribution in [2.45, 2.75) is 26.9 Å². The van der Waals surface area contributed by atoms with E-state index in [1.807, 2.05) is 13.8 Å². The topological polar surface area (TPSA) is 53.3 Å². The summed E-state index contributed by atoms with van der Waals surface area (Å²) in [4.78, 5) is 0. The molecule has 60 valence electrons. The van der Waals surface area contributed by atoms with Gasteiger partial charge in [-0.05, 0) is 12.8 Å². The average molecular weight is 145 g/mol. The third-order valence-electron chi connectivity index (χ3n) is 1.20. The Labute approximate surface area is 61.5 Å². The van der Waals surface area contributed by atoms with Gasteiger partial charge in [0.2, 0.25) is 5.90 Å². The van der Waals surface area contributed by atoms with E-state index in [4.69, 9.17) is 10.1 Å². The number of rotatable bonds is 3. The van der Waals surface area contributed by atoms with E-state index in [-0.39, 0.29) is 11.8 Å². The maximum atomic E-state index is 9.18. The molecule has 3 heteroatoms. The zero-order chi connectivity index (χ0) is 8.15. The largest absolute Gasteiger partial charge is 0.480 e. The van der Waals surface area contributed by atoms with Crippen molar-refractivity contribution in [2.24, 2.45) is 5.92 Å². The molecule has 0 unspecified atom stereocenters. The van der Waals surface area contributed by atoms with Crippen molar-refractivity contribution >= 4 is 5.90 Å². The van der Waals surface area contributed by atoms with Gasteiger partial charge in [0.1, 0.15) is 6.10 Å². The van der Waals surface area contributed by atoms with Gasteiger partial charge < -0.3 is 9.84 Å². The lowest BCUT2D eigenvalue weighted by molar-refractivity contribution is 0.149. The number of hydrogen-bond acceptors (Lipinski definition) is 3. The van der Waals surface area contributed by atoms with Crippen LogP contribution in [0.5, 0.6) is 0 Å². The van der Waals surface area contributed by atoms with Crippen molar-refractivity contribution in [3.8, 4) is 0 Å². The van der Waals surface area contributed by atoms with Crippen LogP contribution in [0.4, 0.5) is 0 Å². The monoisotopic (exact) mass is 145 g/mol. The van der Waals surface area contributed by atoms with E-state index in [9.17, 15) is 5.11 Å². The third-order valence-corrected chi connectivity index (χ3v) is 1.20. The molecule has 0 aliphatic carbocycles. The molecule has 0 aromatic heterocycles. The summed E-state index contributed by atoms with van der Waals surface area (Å²) in [5, 5.41) is 16.3. The predicted octanol–water partition coefficient (Wildman–Crippen LogP) is 1.02. The van der Waals surface area contributed by atoms with Crippen LogP contribution < -0.4 is 0 Å². The Morgan fingerprint density at radius 1 is 1.60 bits per heavy atom. The van der Waals surface area contributed by atoms with Gasteiger partial charge in [0, 0.05) is 0 Å². The van der Waals surface area contributed by atoms with Gasteiger partial charge >= 0.3 is 0 Å². The third kappa shape index (κ3) is 2.82. The van der Waals surface area contributed by atoms with Crippen molar-refractivity contribution in [3.63, 3.8) is 0 Å². The lowest BCUT2D eigenvalue weighted by atomic mass is 10.1. The van der Waals surface area contributed by atoms with Crippen LogP contribution in [0.3, 0.4) is 0 Å². The lowest BCUT2D eigenvalue weighted by Gasteiger charge is -2.14. The molecule has 2 N–H and O–H groups in total. The summed E-state index contributed by atoms with van der Waals surface area (Å²) >= 11 is 0. The van der Waals surface area contributed by atoms with Crippen LogP contribution >= 0.6 is 0 Å². The molecule has 0 heterocycles. The van der Waals surface area contributed by atoms with Crippen LogP contribution in [-0.2, 0) is 4.74 Å². The Hall–Kier alpha value is -0.570. The van der Waals surface area contributed by atoms with Gasteiger partial charge in [0.15, 0.2) is 0 Å². The molecule has 0 saturated carbocycles. The normalized spacial score (nSPS) is 13.3. The van der Waals surface area contributed by atoms with Crippen LogP contribution in [0.25, 0.3) is 0 Å². The zero-order valence-corrected chi connectivity index (χ0v) is 6.72. The van der Waals surface area contributed by atoms with Crippen LogP contribution in [0.2, 0.25) is 0 Å². The fourth-order valence-electron chi connectivity index (χ4n) is 0.544. The van der Waals surface area contributed by atoms with Crippen LogP contribution in [0.1, 0.15) is 20.8 Å². The van der Waals surface area contributed by atoms with Crippen molar-refractivity contribution in [1.29, 1.82) is 5.41 Å². The molecule has 0 aromatic carbocycles. The number of ether oxygens (including phenoxy) is 1. The fraction of sp³-hybridized carbons (Fsp3) is 0.857. The molecular weight excluding hydrogens is 130 g/mol. The van der Waals surface area contributed by atoms with Crippen LogP contribution in [0.15, 0.2) is 0 Å². The number of aliphatic hydroxyl groups is 1. The van der Waals surface area contributed by atoms with E-state index in [1.54, 1.807) is 6.92 Å². The minimum absolute atomic E-state index is 0.0301. The lowest BCUT2D eigenvalue weighted by Crippen LogP contribution is -2.27. The summed E-state index contributed by atoms with van der Waals surface area (Å²) in [5.74, 6) is 0.0246. The first-order valence-corrected chi connectivity index (χ1v) is 3.48. The Balaban J connectivity index is 3.71. The van der Waals surface area contributed by atoms with Crippen molar-refractivity contribution in [3.05, 3.63) is 0 Å². The highest BCUT2D eigenvalue weighted by Gasteiger charge is 2.15. The number of nitrogens with one attached hydrogen (secondary N) is 1. The van der Waals surface area contributed by atoms with E-state index in [0.717, 1.165) is 0 Å². The average Bonchev–Trinajstić information content (AvgIpc) is 1.87. The second-order valence-corrected chi connectivity index (χ2v) is 2.49. The smallest absolute Gasteiger partial charge is 0.210 e. The van der Waals surface area contributed by atoms with Gasteiger partial charge in [0.25, 0.3) is 0 Å². The van der Waals surface area contributed by atoms with Crippen molar-refractivity contribution in [2.75, 3.05) is 6.61 Å².